The molecule has 0 aromatic carbocycles. The molecular weight excluding hydrogens is 266 g/mol. The lowest BCUT2D eigenvalue weighted by Gasteiger charge is -2.12. The molecule has 0 unspecified atom stereocenters. The first kappa shape index (κ1) is 13.3. The van der Waals surface area contributed by atoms with Crippen molar-refractivity contribution in [1.82, 2.24) is 9.97 Å². The quantitative estimate of drug-likeness (QED) is 0.914. The number of rotatable bonds is 4. The van der Waals surface area contributed by atoms with E-state index in [1.807, 2.05) is 19.1 Å². The third kappa shape index (κ3) is 2.65. The molecule has 0 fully saturated rings. The Labute approximate surface area is 116 Å². The van der Waals surface area contributed by atoms with Gasteiger partial charge in [-0.25, -0.2) is 9.97 Å². The zero-order valence-electron chi connectivity index (χ0n) is 10.7. The average Bonchev–Trinajstić information content (AvgIpc) is 2.76. The highest BCUT2D eigenvalue weighted by atomic mass is 35.5. The van der Waals surface area contributed by atoms with E-state index in [2.05, 4.69) is 29.1 Å². The standard InChI is InChI=1S/C13H16ClN3S/c1-4-9-8(3)16-13(17-12(9)15-5-2)10-6-7-11(14)18-10/h6-7H,4-5H2,1-3H3,(H,15,16,17). The lowest BCUT2D eigenvalue weighted by molar-refractivity contribution is 0.991. The van der Waals surface area contributed by atoms with Crippen LogP contribution < -0.4 is 5.32 Å². The Bertz CT molecular complexity index is 551. The summed E-state index contributed by atoms with van der Waals surface area (Å²) >= 11 is 7.46. The van der Waals surface area contributed by atoms with Gasteiger partial charge in [-0.05, 0) is 32.4 Å². The van der Waals surface area contributed by atoms with E-state index in [4.69, 9.17) is 11.6 Å². The third-order valence-electron chi connectivity index (χ3n) is 2.71. The lowest BCUT2D eigenvalue weighted by atomic mass is 10.1. The smallest absolute Gasteiger partial charge is 0.171 e. The van der Waals surface area contributed by atoms with Gasteiger partial charge >= 0.3 is 0 Å². The molecule has 0 aliphatic heterocycles. The van der Waals surface area contributed by atoms with Gasteiger partial charge in [-0.2, -0.15) is 0 Å². The van der Waals surface area contributed by atoms with Crippen LogP contribution in [0, 0.1) is 6.92 Å². The van der Waals surface area contributed by atoms with Crippen molar-refractivity contribution in [3.63, 3.8) is 0 Å². The average molecular weight is 282 g/mol. The highest BCUT2D eigenvalue weighted by Crippen LogP contribution is 2.30. The number of aryl methyl sites for hydroxylation is 1. The molecule has 2 rings (SSSR count). The Kier molecular flexibility index (Phi) is 4.19. The Balaban J connectivity index is 2.50. The van der Waals surface area contributed by atoms with Crippen molar-refractivity contribution in [2.45, 2.75) is 27.2 Å². The summed E-state index contributed by atoms with van der Waals surface area (Å²) in [5.74, 6) is 1.68. The van der Waals surface area contributed by atoms with Gasteiger partial charge in [0.2, 0.25) is 0 Å². The van der Waals surface area contributed by atoms with Crippen LogP contribution in [-0.2, 0) is 6.42 Å². The van der Waals surface area contributed by atoms with Crippen LogP contribution in [0.5, 0.6) is 0 Å². The molecule has 5 heteroatoms. The fourth-order valence-corrected chi connectivity index (χ4v) is 2.85. The molecule has 0 saturated heterocycles. The second kappa shape index (κ2) is 5.67. The zero-order chi connectivity index (χ0) is 13.1. The second-order valence-corrected chi connectivity index (χ2v) is 5.66. The molecule has 0 saturated carbocycles. The Morgan fingerprint density at radius 3 is 2.61 bits per heavy atom. The predicted molar refractivity (Wildman–Crippen MR) is 78.6 cm³/mol. The molecule has 2 aromatic rings. The highest BCUT2D eigenvalue weighted by molar-refractivity contribution is 7.19. The Morgan fingerprint density at radius 1 is 1.28 bits per heavy atom. The van der Waals surface area contributed by atoms with Gasteiger partial charge in [0.15, 0.2) is 5.82 Å². The van der Waals surface area contributed by atoms with Crippen molar-refractivity contribution in [1.29, 1.82) is 0 Å². The first-order chi connectivity index (χ1) is 8.65. The molecule has 96 valence electrons. The van der Waals surface area contributed by atoms with E-state index in [0.29, 0.717) is 0 Å². The highest BCUT2D eigenvalue weighted by Gasteiger charge is 2.12. The summed E-state index contributed by atoms with van der Waals surface area (Å²) in [5, 5.41) is 3.31. The SMILES string of the molecule is CCNc1nc(-c2ccc(Cl)s2)nc(C)c1CC. The van der Waals surface area contributed by atoms with Crippen LogP contribution in [0.3, 0.4) is 0 Å². The minimum absolute atomic E-state index is 0.748. The van der Waals surface area contributed by atoms with E-state index in [9.17, 15) is 0 Å². The number of aromatic nitrogens is 2. The maximum absolute atomic E-state index is 5.96. The largest absolute Gasteiger partial charge is 0.370 e. The Morgan fingerprint density at radius 2 is 2.06 bits per heavy atom. The molecule has 0 aliphatic rings. The minimum atomic E-state index is 0.748. The predicted octanol–water partition coefficient (Wildman–Crippen LogP) is 4.16. The molecule has 0 atom stereocenters. The van der Waals surface area contributed by atoms with Crippen molar-refractivity contribution < 1.29 is 0 Å². The van der Waals surface area contributed by atoms with Crippen LogP contribution in [-0.4, -0.2) is 16.5 Å². The van der Waals surface area contributed by atoms with Crippen LogP contribution in [0.4, 0.5) is 5.82 Å². The van der Waals surface area contributed by atoms with Crippen LogP contribution in [0.25, 0.3) is 10.7 Å². The van der Waals surface area contributed by atoms with E-state index in [1.165, 1.54) is 16.9 Å². The summed E-state index contributed by atoms with van der Waals surface area (Å²) in [5.41, 5.74) is 2.21. The van der Waals surface area contributed by atoms with Crippen molar-refractivity contribution in [2.24, 2.45) is 0 Å². The van der Waals surface area contributed by atoms with Gasteiger partial charge in [-0.15, -0.1) is 11.3 Å². The number of thiophene rings is 1. The van der Waals surface area contributed by atoms with Gasteiger partial charge in [0.1, 0.15) is 5.82 Å². The van der Waals surface area contributed by atoms with Crippen molar-refractivity contribution >= 4 is 28.8 Å². The fourth-order valence-electron chi connectivity index (χ4n) is 1.88. The molecule has 0 radical (unpaired) electrons. The third-order valence-corrected chi connectivity index (χ3v) is 3.93. The van der Waals surface area contributed by atoms with Crippen LogP contribution in [0.2, 0.25) is 4.34 Å². The van der Waals surface area contributed by atoms with E-state index in [-0.39, 0.29) is 0 Å². The zero-order valence-corrected chi connectivity index (χ0v) is 12.3. The molecule has 0 amide bonds. The first-order valence-corrected chi connectivity index (χ1v) is 7.22. The molecule has 2 aromatic heterocycles. The summed E-state index contributed by atoms with van der Waals surface area (Å²) in [6.07, 6.45) is 0.930. The van der Waals surface area contributed by atoms with Gasteiger partial charge in [0.05, 0.1) is 9.21 Å². The van der Waals surface area contributed by atoms with Crippen molar-refractivity contribution in [3.8, 4) is 10.7 Å². The van der Waals surface area contributed by atoms with Crippen molar-refractivity contribution in [3.05, 3.63) is 27.7 Å². The van der Waals surface area contributed by atoms with E-state index < -0.39 is 0 Å². The summed E-state index contributed by atoms with van der Waals surface area (Å²) in [7, 11) is 0. The molecule has 0 bridgehead atoms. The molecule has 1 N–H and O–H groups in total. The number of anilines is 1. The molecule has 3 nitrogen and oxygen atoms in total. The van der Waals surface area contributed by atoms with Crippen LogP contribution in [0.1, 0.15) is 25.1 Å². The number of nitrogens with one attached hydrogen (secondary N) is 1. The van der Waals surface area contributed by atoms with Crippen LogP contribution in [0.15, 0.2) is 12.1 Å². The van der Waals surface area contributed by atoms with Gasteiger partial charge < -0.3 is 5.32 Å². The topological polar surface area (TPSA) is 37.8 Å². The number of hydrogen-bond donors (Lipinski definition) is 1. The van der Waals surface area contributed by atoms with Crippen molar-refractivity contribution in [2.75, 3.05) is 11.9 Å². The molecule has 0 aliphatic carbocycles. The number of halogens is 1. The summed E-state index contributed by atoms with van der Waals surface area (Å²) in [4.78, 5) is 10.2. The van der Waals surface area contributed by atoms with Crippen LogP contribution >= 0.6 is 22.9 Å². The fraction of sp³-hybridized carbons (Fsp3) is 0.385. The monoisotopic (exact) mass is 281 g/mol. The summed E-state index contributed by atoms with van der Waals surface area (Å²) in [6, 6.07) is 3.84. The molecule has 18 heavy (non-hydrogen) atoms. The minimum Gasteiger partial charge on any atom is -0.370 e. The maximum atomic E-state index is 5.96. The molecular formula is C13H16ClN3S. The summed E-state index contributed by atoms with van der Waals surface area (Å²) < 4.78 is 0.760. The second-order valence-electron chi connectivity index (χ2n) is 3.95. The molecule has 2 heterocycles. The van der Waals surface area contributed by atoms with Gasteiger partial charge in [-0.3, -0.25) is 0 Å². The van der Waals surface area contributed by atoms with Gasteiger partial charge in [0.25, 0.3) is 0 Å². The number of hydrogen-bond acceptors (Lipinski definition) is 4. The maximum Gasteiger partial charge on any atom is 0.171 e. The van der Waals surface area contributed by atoms with E-state index >= 15 is 0 Å². The summed E-state index contributed by atoms with van der Waals surface area (Å²) in [6.45, 7) is 7.07. The first-order valence-electron chi connectivity index (χ1n) is 6.02. The normalized spacial score (nSPS) is 10.7. The Hall–Kier alpha value is -1.13. The van der Waals surface area contributed by atoms with Gasteiger partial charge in [0, 0.05) is 17.8 Å². The van der Waals surface area contributed by atoms with E-state index in [0.717, 1.165) is 39.5 Å². The lowest BCUT2D eigenvalue weighted by Crippen LogP contribution is -2.07. The number of nitrogens with zero attached hydrogens (tertiary/aromatic N) is 2. The van der Waals surface area contributed by atoms with Gasteiger partial charge in [-0.1, -0.05) is 18.5 Å². The van der Waals surface area contributed by atoms with E-state index in [1.54, 1.807) is 0 Å². The molecule has 0 spiro atoms.